The Morgan fingerprint density at radius 3 is 2.93 bits per heavy atom. The Bertz CT molecular complexity index is 254. The molecule has 1 atom stereocenters. The van der Waals surface area contributed by atoms with E-state index in [9.17, 15) is 0 Å². The summed E-state index contributed by atoms with van der Waals surface area (Å²) in [7, 11) is 3.91. The maximum absolute atomic E-state index is 5.17. The molecular weight excluding hydrogens is 188 g/mol. The van der Waals surface area contributed by atoms with E-state index in [0.717, 1.165) is 18.4 Å². The minimum atomic E-state index is 0.518. The fraction of sp³-hybridized carbons (Fsp3) is 0.727. The van der Waals surface area contributed by atoms with E-state index in [1.807, 2.05) is 0 Å². The normalized spacial score (nSPS) is 22.5. The Kier molecular flexibility index (Phi) is 4.99. The number of likely N-dealkylation sites (tertiary alicyclic amines) is 1. The monoisotopic (exact) mass is 208 g/mol. The van der Waals surface area contributed by atoms with E-state index in [1.54, 1.807) is 7.05 Å². The van der Waals surface area contributed by atoms with Crippen LogP contribution >= 0.6 is 0 Å². The molecule has 1 heterocycles. The average Bonchev–Trinajstić information content (AvgIpc) is 2.65. The molecule has 1 rings (SSSR count). The van der Waals surface area contributed by atoms with Gasteiger partial charge in [0.25, 0.3) is 0 Å². The molecule has 2 N–H and O–H groups in total. The van der Waals surface area contributed by atoms with Crippen molar-refractivity contribution in [3.8, 4) is 12.3 Å². The van der Waals surface area contributed by atoms with E-state index in [-0.39, 0.29) is 0 Å². The van der Waals surface area contributed by atoms with Gasteiger partial charge in [-0.1, -0.05) is 5.92 Å². The molecule has 0 radical (unpaired) electrons. The van der Waals surface area contributed by atoms with Crippen molar-refractivity contribution >= 4 is 5.96 Å². The lowest BCUT2D eigenvalue weighted by Gasteiger charge is -2.14. The highest BCUT2D eigenvalue weighted by Gasteiger charge is 2.19. The molecule has 0 bridgehead atoms. The zero-order valence-electron chi connectivity index (χ0n) is 9.58. The predicted molar refractivity (Wildman–Crippen MR) is 63.8 cm³/mol. The largest absolute Gasteiger partial charge is 0.356 e. The van der Waals surface area contributed by atoms with Crippen LogP contribution in [0.1, 0.15) is 6.42 Å². The summed E-state index contributed by atoms with van der Waals surface area (Å²) in [5.41, 5.74) is 0. The summed E-state index contributed by atoms with van der Waals surface area (Å²) in [6.07, 6.45) is 6.43. The summed E-state index contributed by atoms with van der Waals surface area (Å²) in [5, 5.41) is 6.33. The molecule has 1 fully saturated rings. The molecule has 0 aliphatic carbocycles. The molecule has 0 saturated carbocycles. The standard InChI is InChI=1S/C11H20N4/c1-4-6-13-11(12-2)14-8-10-5-7-15(3)9-10/h1,10H,5-9H2,2-3H3,(H2,12,13,14). The van der Waals surface area contributed by atoms with Crippen LogP contribution in [0.4, 0.5) is 0 Å². The van der Waals surface area contributed by atoms with Gasteiger partial charge < -0.3 is 15.5 Å². The van der Waals surface area contributed by atoms with Gasteiger partial charge in [0.2, 0.25) is 0 Å². The lowest BCUT2D eigenvalue weighted by molar-refractivity contribution is 0.394. The molecule has 0 aromatic heterocycles. The third-order valence-corrected chi connectivity index (χ3v) is 2.63. The topological polar surface area (TPSA) is 39.7 Å². The molecule has 0 aromatic rings. The second-order valence-corrected chi connectivity index (χ2v) is 3.93. The van der Waals surface area contributed by atoms with Gasteiger partial charge in [0.1, 0.15) is 0 Å². The number of hydrogen-bond donors (Lipinski definition) is 2. The van der Waals surface area contributed by atoms with Gasteiger partial charge >= 0.3 is 0 Å². The molecule has 1 aliphatic rings. The van der Waals surface area contributed by atoms with E-state index < -0.39 is 0 Å². The predicted octanol–water partition coefficient (Wildman–Crippen LogP) is -0.264. The maximum Gasteiger partial charge on any atom is 0.191 e. The summed E-state index contributed by atoms with van der Waals surface area (Å²) in [6, 6.07) is 0. The van der Waals surface area contributed by atoms with Crippen molar-refractivity contribution in [1.82, 2.24) is 15.5 Å². The first-order valence-corrected chi connectivity index (χ1v) is 5.32. The van der Waals surface area contributed by atoms with E-state index in [0.29, 0.717) is 6.54 Å². The molecule has 0 amide bonds. The van der Waals surface area contributed by atoms with Gasteiger partial charge in [-0.05, 0) is 25.9 Å². The van der Waals surface area contributed by atoms with Gasteiger partial charge in [0.15, 0.2) is 5.96 Å². The molecular formula is C11H20N4. The van der Waals surface area contributed by atoms with E-state index in [4.69, 9.17) is 6.42 Å². The number of rotatable bonds is 3. The van der Waals surface area contributed by atoms with Crippen LogP contribution in [0.2, 0.25) is 0 Å². The van der Waals surface area contributed by atoms with Crippen molar-refractivity contribution in [1.29, 1.82) is 0 Å². The second kappa shape index (κ2) is 6.31. The number of guanidine groups is 1. The summed E-state index contributed by atoms with van der Waals surface area (Å²) >= 11 is 0. The quantitative estimate of drug-likeness (QED) is 0.381. The van der Waals surface area contributed by atoms with E-state index in [2.05, 4.69) is 33.5 Å². The molecule has 4 nitrogen and oxygen atoms in total. The summed E-state index contributed by atoms with van der Waals surface area (Å²) < 4.78 is 0. The van der Waals surface area contributed by atoms with Gasteiger partial charge in [-0.25, -0.2) is 0 Å². The fourth-order valence-electron chi connectivity index (χ4n) is 1.79. The summed E-state index contributed by atoms with van der Waals surface area (Å²) in [4.78, 5) is 6.44. The van der Waals surface area contributed by atoms with Crippen molar-refractivity contribution in [3.63, 3.8) is 0 Å². The highest BCUT2D eigenvalue weighted by molar-refractivity contribution is 5.79. The summed E-state index contributed by atoms with van der Waals surface area (Å²) in [5.74, 6) is 4.04. The molecule has 0 aromatic carbocycles. The summed E-state index contributed by atoms with van der Waals surface area (Å²) in [6.45, 7) is 3.85. The molecule has 1 aliphatic heterocycles. The van der Waals surface area contributed by atoms with Gasteiger partial charge in [0, 0.05) is 20.1 Å². The average molecular weight is 208 g/mol. The SMILES string of the molecule is C#CCNC(=NC)NCC1CCN(C)C1. The highest BCUT2D eigenvalue weighted by atomic mass is 15.2. The first-order valence-electron chi connectivity index (χ1n) is 5.32. The van der Waals surface area contributed by atoms with Crippen molar-refractivity contribution in [3.05, 3.63) is 0 Å². The first-order chi connectivity index (χ1) is 7.26. The van der Waals surface area contributed by atoms with Crippen LogP contribution in [0.25, 0.3) is 0 Å². The van der Waals surface area contributed by atoms with Crippen LogP contribution in [-0.2, 0) is 0 Å². The Balaban J connectivity index is 2.20. The molecule has 1 unspecified atom stereocenters. The molecule has 4 heteroatoms. The second-order valence-electron chi connectivity index (χ2n) is 3.93. The Morgan fingerprint density at radius 1 is 1.60 bits per heavy atom. The van der Waals surface area contributed by atoms with Gasteiger partial charge in [-0.2, -0.15) is 0 Å². The Morgan fingerprint density at radius 2 is 2.40 bits per heavy atom. The van der Waals surface area contributed by atoms with Crippen LogP contribution in [0, 0.1) is 18.3 Å². The number of nitrogens with zero attached hydrogens (tertiary/aromatic N) is 2. The van der Waals surface area contributed by atoms with Crippen LogP contribution in [0.15, 0.2) is 4.99 Å². The highest BCUT2D eigenvalue weighted by Crippen LogP contribution is 2.12. The number of aliphatic imine (C=N–C) groups is 1. The lowest BCUT2D eigenvalue weighted by Crippen LogP contribution is -2.40. The van der Waals surface area contributed by atoms with E-state index in [1.165, 1.54) is 19.5 Å². The third-order valence-electron chi connectivity index (χ3n) is 2.63. The lowest BCUT2D eigenvalue weighted by atomic mass is 10.1. The number of hydrogen-bond acceptors (Lipinski definition) is 2. The minimum Gasteiger partial charge on any atom is -0.356 e. The van der Waals surface area contributed by atoms with Gasteiger partial charge in [0.05, 0.1) is 6.54 Å². The van der Waals surface area contributed by atoms with Crippen LogP contribution in [-0.4, -0.2) is 51.1 Å². The minimum absolute atomic E-state index is 0.518. The molecule has 15 heavy (non-hydrogen) atoms. The zero-order valence-corrected chi connectivity index (χ0v) is 9.58. The van der Waals surface area contributed by atoms with Gasteiger partial charge in [-0.15, -0.1) is 6.42 Å². The number of nitrogens with one attached hydrogen (secondary N) is 2. The third kappa shape index (κ3) is 4.22. The van der Waals surface area contributed by atoms with Crippen molar-refractivity contribution in [2.75, 3.05) is 40.3 Å². The fourth-order valence-corrected chi connectivity index (χ4v) is 1.79. The van der Waals surface area contributed by atoms with Crippen molar-refractivity contribution < 1.29 is 0 Å². The smallest absolute Gasteiger partial charge is 0.191 e. The van der Waals surface area contributed by atoms with Crippen LogP contribution in [0.5, 0.6) is 0 Å². The zero-order chi connectivity index (χ0) is 11.1. The van der Waals surface area contributed by atoms with Gasteiger partial charge in [-0.3, -0.25) is 4.99 Å². The molecule has 84 valence electrons. The molecule has 1 saturated heterocycles. The Labute approximate surface area is 92.1 Å². The van der Waals surface area contributed by atoms with E-state index >= 15 is 0 Å². The number of terminal acetylenes is 1. The van der Waals surface area contributed by atoms with Crippen molar-refractivity contribution in [2.24, 2.45) is 10.9 Å². The first kappa shape index (κ1) is 11.9. The molecule has 0 spiro atoms. The van der Waals surface area contributed by atoms with Crippen molar-refractivity contribution in [2.45, 2.75) is 6.42 Å². The van der Waals surface area contributed by atoms with Crippen LogP contribution < -0.4 is 10.6 Å². The Hall–Kier alpha value is -1.21. The maximum atomic E-state index is 5.17. The van der Waals surface area contributed by atoms with Crippen LogP contribution in [0.3, 0.4) is 0 Å².